The van der Waals surface area contributed by atoms with Crippen molar-refractivity contribution in [1.29, 1.82) is 0 Å². The average molecular weight is 511 g/mol. The second kappa shape index (κ2) is 11.6. The Balaban J connectivity index is 1.72. The highest BCUT2D eigenvalue weighted by molar-refractivity contribution is 7.98. The van der Waals surface area contributed by atoms with E-state index in [9.17, 15) is 9.18 Å². The molecular weight excluding hydrogens is 482 g/mol. The van der Waals surface area contributed by atoms with Crippen molar-refractivity contribution in [1.82, 2.24) is 10.0 Å². The molecule has 4 aromatic rings. The third kappa shape index (κ3) is 5.87. The Hall–Kier alpha value is -3.40. The molecule has 1 aromatic heterocycles. The lowest BCUT2D eigenvalue weighted by Gasteiger charge is -2.16. The Labute approximate surface area is 213 Å². The highest BCUT2D eigenvalue weighted by Gasteiger charge is 2.18. The van der Waals surface area contributed by atoms with Crippen molar-refractivity contribution >= 4 is 34.5 Å². The molecule has 6 nitrogen and oxygen atoms in total. The summed E-state index contributed by atoms with van der Waals surface area (Å²) in [6.07, 6.45) is 0.0762. The first kappa shape index (κ1) is 25.7. The van der Waals surface area contributed by atoms with Crippen molar-refractivity contribution in [3.8, 4) is 0 Å². The summed E-state index contributed by atoms with van der Waals surface area (Å²) in [4.78, 5) is 15.1. The molecule has 0 radical (unpaired) electrons. The van der Waals surface area contributed by atoms with E-state index in [1.54, 1.807) is 37.4 Å². The number of nitrogens with zero attached hydrogens (tertiary/aromatic N) is 1. The second-order valence-corrected chi connectivity index (χ2v) is 9.33. The van der Waals surface area contributed by atoms with Crippen molar-refractivity contribution in [2.45, 2.75) is 19.5 Å². The monoisotopic (exact) mass is 510 g/mol. The Kier molecular flexibility index (Phi) is 8.25. The maximum absolute atomic E-state index is 15.2. The molecule has 4 rings (SSSR count). The summed E-state index contributed by atoms with van der Waals surface area (Å²) in [7, 11) is 5.55. The van der Waals surface area contributed by atoms with E-state index in [2.05, 4.69) is 14.8 Å². The molecule has 0 saturated heterocycles. The van der Waals surface area contributed by atoms with Gasteiger partial charge in [-0.15, -0.1) is 0 Å². The number of hydrogen-bond donors (Lipinski definition) is 3. The number of halogens is 2. The smallest absolute Gasteiger partial charge is 0.340 e. The summed E-state index contributed by atoms with van der Waals surface area (Å²) in [5, 5.41) is 4.12. The van der Waals surface area contributed by atoms with Crippen molar-refractivity contribution in [2.24, 2.45) is 0 Å². The largest absolute Gasteiger partial charge is 0.422 e. The maximum atomic E-state index is 15.2. The van der Waals surface area contributed by atoms with Crippen LogP contribution in [0, 0.1) is 11.6 Å². The van der Waals surface area contributed by atoms with Crippen LogP contribution in [0.5, 0.6) is 0 Å². The molecule has 0 fully saturated rings. The third-order valence-corrected chi connectivity index (χ3v) is 6.40. The highest BCUT2D eigenvalue weighted by atomic mass is 32.2. The van der Waals surface area contributed by atoms with Crippen LogP contribution < -0.4 is 25.3 Å². The van der Waals surface area contributed by atoms with Crippen molar-refractivity contribution in [2.75, 3.05) is 30.8 Å². The van der Waals surface area contributed by atoms with E-state index in [4.69, 9.17) is 4.42 Å². The Morgan fingerprint density at radius 3 is 2.47 bits per heavy atom. The summed E-state index contributed by atoms with van der Waals surface area (Å²) in [5.41, 5.74) is 3.62. The van der Waals surface area contributed by atoms with Gasteiger partial charge in [0.05, 0.1) is 5.69 Å². The molecule has 0 saturated carbocycles. The lowest BCUT2D eigenvalue weighted by Crippen LogP contribution is -2.20. The van der Waals surface area contributed by atoms with E-state index in [-0.39, 0.29) is 12.2 Å². The molecule has 36 heavy (non-hydrogen) atoms. The molecule has 0 atom stereocenters. The van der Waals surface area contributed by atoms with E-state index < -0.39 is 11.4 Å². The van der Waals surface area contributed by atoms with Gasteiger partial charge in [-0.05, 0) is 54.1 Å². The fraction of sp³-hybridized carbons (Fsp3) is 0.222. The summed E-state index contributed by atoms with van der Waals surface area (Å²) < 4.78 is 39.9. The van der Waals surface area contributed by atoms with Gasteiger partial charge in [0.15, 0.2) is 5.82 Å². The Bertz CT molecular complexity index is 1410. The van der Waals surface area contributed by atoms with Crippen molar-refractivity contribution < 1.29 is 13.2 Å². The molecule has 0 aliphatic heterocycles. The van der Waals surface area contributed by atoms with E-state index in [1.807, 2.05) is 37.2 Å². The SMILES string of the molecule is CNSNc1cccc(Cc2c(CNCc3ccc(F)cc3)c3ccc(N(C)C)cc3oc2=O)c1F. The number of benzene rings is 3. The summed E-state index contributed by atoms with van der Waals surface area (Å²) >= 11 is 1.15. The van der Waals surface area contributed by atoms with Crippen LogP contribution in [0.1, 0.15) is 22.3 Å². The summed E-state index contributed by atoms with van der Waals surface area (Å²) in [6, 6.07) is 17.0. The molecule has 3 N–H and O–H groups in total. The maximum Gasteiger partial charge on any atom is 0.340 e. The van der Waals surface area contributed by atoms with Gasteiger partial charge >= 0.3 is 5.63 Å². The van der Waals surface area contributed by atoms with Crippen molar-refractivity contribution in [3.05, 3.63) is 105 Å². The van der Waals surface area contributed by atoms with Gasteiger partial charge in [-0.25, -0.2) is 18.3 Å². The van der Waals surface area contributed by atoms with Gasteiger partial charge in [0.25, 0.3) is 0 Å². The van der Waals surface area contributed by atoms with Gasteiger partial charge in [-0.3, -0.25) is 0 Å². The van der Waals surface area contributed by atoms with Crippen LogP contribution in [-0.2, 0) is 19.5 Å². The van der Waals surface area contributed by atoms with Gasteiger partial charge in [0, 0.05) is 68.4 Å². The minimum atomic E-state index is -0.501. The molecule has 188 valence electrons. The lowest BCUT2D eigenvalue weighted by atomic mass is 9.97. The summed E-state index contributed by atoms with van der Waals surface area (Å²) in [6.45, 7) is 0.831. The van der Waals surface area contributed by atoms with E-state index in [0.717, 1.165) is 34.3 Å². The fourth-order valence-electron chi connectivity index (χ4n) is 3.98. The number of hydrogen-bond acceptors (Lipinski definition) is 7. The van der Waals surface area contributed by atoms with Gasteiger partial charge in [-0.2, -0.15) is 0 Å². The fourth-order valence-corrected chi connectivity index (χ4v) is 4.35. The highest BCUT2D eigenvalue weighted by Crippen LogP contribution is 2.28. The normalized spacial score (nSPS) is 11.1. The zero-order chi connectivity index (χ0) is 25.7. The van der Waals surface area contributed by atoms with Crippen LogP contribution in [-0.4, -0.2) is 21.1 Å². The van der Waals surface area contributed by atoms with Gasteiger partial charge in [0.2, 0.25) is 0 Å². The molecular formula is C27H28F2N4O2S. The number of fused-ring (bicyclic) bond motifs is 1. The topological polar surface area (TPSA) is 69.5 Å². The molecule has 0 bridgehead atoms. The zero-order valence-electron chi connectivity index (χ0n) is 20.3. The molecule has 1 heterocycles. The number of rotatable bonds is 10. The Morgan fingerprint density at radius 2 is 1.75 bits per heavy atom. The van der Waals surface area contributed by atoms with Crippen molar-refractivity contribution in [3.63, 3.8) is 0 Å². The van der Waals surface area contributed by atoms with E-state index in [0.29, 0.717) is 35.5 Å². The molecule has 0 aliphatic rings. The molecule has 0 spiro atoms. The molecule has 0 aliphatic carbocycles. The first-order valence-electron chi connectivity index (χ1n) is 11.4. The molecule has 0 unspecified atom stereocenters. The zero-order valence-corrected chi connectivity index (χ0v) is 21.1. The van der Waals surface area contributed by atoms with Crippen LogP contribution in [0.2, 0.25) is 0 Å². The predicted octanol–water partition coefficient (Wildman–Crippen LogP) is 5.21. The summed E-state index contributed by atoms with van der Waals surface area (Å²) in [5.74, 6) is -0.718. The lowest BCUT2D eigenvalue weighted by molar-refractivity contribution is 0.544. The van der Waals surface area contributed by atoms with Crippen LogP contribution >= 0.6 is 12.1 Å². The average Bonchev–Trinajstić information content (AvgIpc) is 2.86. The standard InChI is InChI=1S/C27H28F2N4O2S/c1-30-36-32-24-6-4-5-18(26(24)29)13-22-23(16-31-15-17-7-9-19(28)10-8-17)21-12-11-20(33(2)3)14-25(21)35-27(22)34/h4-12,14,30-32H,13,15-16H2,1-3H3. The second-order valence-electron chi connectivity index (χ2n) is 8.52. The first-order chi connectivity index (χ1) is 17.4. The molecule has 3 aromatic carbocycles. The van der Waals surface area contributed by atoms with Crippen LogP contribution in [0.15, 0.2) is 69.9 Å². The Morgan fingerprint density at radius 1 is 0.972 bits per heavy atom. The molecule has 0 amide bonds. The van der Waals surface area contributed by atoms with Gasteiger partial charge < -0.3 is 19.4 Å². The van der Waals surface area contributed by atoms with E-state index >= 15 is 4.39 Å². The third-order valence-electron chi connectivity index (χ3n) is 5.87. The minimum absolute atomic E-state index is 0.0762. The van der Waals surface area contributed by atoms with Crippen LogP contribution in [0.4, 0.5) is 20.2 Å². The first-order valence-corrected chi connectivity index (χ1v) is 12.3. The van der Waals surface area contributed by atoms with Gasteiger partial charge in [0.1, 0.15) is 11.4 Å². The quantitative estimate of drug-likeness (QED) is 0.200. The van der Waals surface area contributed by atoms with E-state index in [1.165, 1.54) is 12.1 Å². The minimum Gasteiger partial charge on any atom is -0.422 e. The van der Waals surface area contributed by atoms with Crippen LogP contribution in [0.25, 0.3) is 11.0 Å². The molecule has 9 heteroatoms. The number of anilines is 2. The predicted molar refractivity (Wildman–Crippen MR) is 143 cm³/mol. The number of nitrogens with one attached hydrogen (secondary N) is 3. The van der Waals surface area contributed by atoms with Gasteiger partial charge in [-0.1, -0.05) is 24.3 Å². The van der Waals surface area contributed by atoms with Crippen LogP contribution in [0.3, 0.4) is 0 Å².